The largest absolute Gasteiger partial charge is 0.605 e. The number of hydroxylamine groups is 1. The Hall–Kier alpha value is -1.43. The van der Waals surface area contributed by atoms with Crippen LogP contribution in [0.4, 0.5) is 5.69 Å². The Bertz CT molecular complexity index is 329. The normalized spacial score (nSPS) is 27.1. The molecule has 1 amide bonds. The highest BCUT2D eigenvalue weighted by Gasteiger charge is 2.26. The maximum Gasteiger partial charge on any atom is 0.243 e. The van der Waals surface area contributed by atoms with Crippen molar-refractivity contribution in [2.75, 3.05) is 13.2 Å². The first-order valence-corrected chi connectivity index (χ1v) is 4.37. The Morgan fingerprint density at radius 3 is 2.57 bits per heavy atom. The van der Waals surface area contributed by atoms with E-state index in [4.69, 9.17) is 0 Å². The Labute approximate surface area is 81.5 Å². The van der Waals surface area contributed by atoms with Gasteiger partial charge in [0.25, 0.3) is 0 Å². The Morgan fingerprint density at radius 2 is 2.00 bits per heavy atom. The fourth-order valence-electron chi connectivity index (χ4n) is 1.37. The van der Waals surface area contributed by atoms with Crippen LogP contribution in [0.5, 0.6) is 0 Å². The number of carbonyl (C=O) groups is 1. The van der Waals surface area contributed by atoms with Crippen LogP contribution >= 0.6 is 0 Å². The van der Waals surface area contributed by atoms with E-state index in [9.17, 15) is 10.0 Å². The van der Waals surface area contributed by atoms with Crippen molar-refractivity contribution < 1.29 is 4.79 Å². The molecule has 1 heterocycles. The van der Waals surface area contributed by atoms with Gasteiger partial charge < -0.3 is 10.5 Å². The van der Waals surface area contributed by atoms with Crippen LogP contribution in [0.25, 0.3) is 0 Å². The minimum Gasteiger partial charge on any atom is -0.605 e. The van der Waals surface area contributed by atoms with Crippen molar-refractivity contribution in [1.82, 2.24) is 15.5 Å². The third kappa shape index (κ3) is 1.60. The van der Waals surface area contributed by atoms with Gasteiger partial charge in [-0.3, -0.25) is 4.79 Å². The fourth-order valence-corrected chi connectivity index (χ4v) is 1.37. The average Bonchev–Trinajstić information content (AvgIpc) is 2.24. The smallest absolute Gasteiger partial charge is 0.243 e. The number of carbonyl (C=O) groups excluding carboxylic acids is 1. The zero-order valence-corrected chi connectivity index (χ0v) is 7.56. The van der Waals surface area contributed by atoms with Crippen molar-refractivity contribution in [2.24, 2.45) is 0 Å². The lowest BCUT2D eigenvalue weighted by Crippen LogP contribution is -2.66. The highest BCUT2D eigenvalue weighted by molar-refractivity contribution is 5.79. The van der Waals surface area contributed by atoms with E-state index in [1.54, 1.807) is 24.3 Å². The summed E-state index contributed by atoms with van der Waals surface area (Å²) in [6.07, 6.45) is 0. The molecule has 5 nitrogen and oxygen atoms in total. The number of hydrogen-bond acceptors (Lipinski definition) is 3. The van der Waals surface area contributed by atoms with Gasteiger partial charge in [0.05, 0.1) is 0 Å². The van der Waals surface area contributed by atoms with Gasteiger partial charge in [0, 0.05) is 12.1 Å². The van der Waals surface area contributed by atoms with Crippen LogP contribution in [-0.4, -0.2) is 19.1 Å². The molecule has 1 aromatic rings. The van der Waals surface area contributed by atoms with Gasteiger partial charge in [0.15, 0.2) is 12.4 Å². The lowest BCUT2D eigenvalue weighted by atomic mass is 10.3. The number of hydrogen-bond donors (Lipinski definition) is 2. The minimum absolute atomic E-state index is 0.0306. The number of benzene rings is 1. The molecule has 1 saturated heterocycles. The van der Waals surface area contributed by atoms with E-state index in [1.807, 2.05) is 6.07 Å². The summed E-state index contributed by atoms with van der Waals surface area (Å²) in [5, 5.41) is 14.6. The zero-order chi connectivity index (χ0) is 10.0. The number of nitrogens with zero attached hydrogens (tertiary/aromatic N) is 1. The molecule has 1 aromatic carbocycles. The molecule has 1 aliphatic heterocycles. The highest BCUT2D eigenvalue weighted by Crippen LogP contribution is 2.18. The topological polar surface area (TPSA) is 64.2 Å². The SMILES string of the molecule is O=C1CN[N+]([O-])(c2ccccc2)CN1. The summed E-state index contributed by atoms with van der Waals surface area (Å²) in [6, 6.07) is 8.91. The molecule has 0 aliphatic carbocycles. The van der Waals surface area contributed by atoms with Crippen molar-refractivity contribution in [3.05, 3.63) is 35.5 Å². The van der Waals surface area contributed by atoms with Gasteiger partial charge in [-0.1, -0.05) is 18.2 Å². The molecule has 0 saturated carbocycles. The molecule has 1 fully saturated rings. The summed E-state index contributed by atoms with van der Waals surface area (Å²) < 4.78 is -0.702. The Morgan fingerprint density at radius 1 is 1.29 bits per heavy atom. The molecule has 2 N–H and O–H groups in total. The summed E-state index contributed by atoms with van der Waals surface area (Å²) >= 11 is 0. The first-order valence-electron chi connectivity index (χ1n) is 4.37. The summed E-state index contributed by atoms with van der Waals surface area (Å²) in [6.45, 7) is 0.0846. The predicted molar refractivity (Wildman–Crippen MR) is 52.6 cm³/mol. The number of rotatable bonds is 1. The van der Waals surface area contributed by atoms with Crippen LogP contribution in [0.1, 0.15) is 0 Å². The number of quaternary nitrogens is 1. The Balaban J connectivity index is 2.21. The van der Waals surface area contributed by atoms with E-state index in [2.05, 4.69) is 10.7 Å². The van der Waals surface area contributed by atoms with Gasteiger partial charge in [-0.15, -0.1) is 0 Å². The number of amides is 1. The van der Waals surface area contributed by atoms with Gasteiger partial charge in [0.2, 0.25) is 5.91 Å². The van der Waals surface area contributed by atoms with E-state index >= 15 is 0 Å². The predicted octanol–water partition coefficient (Wildman–Crippen LogP) is 0.0836. The molecule has 5 heteroatoms. The molecule has 1 unspecified atom stereocenters. The van der Waals surface area contributed by atoms with Crippen molar-refractivity contribution in [3.63, 3.8) is 0 Å². The van der Waals surface area contributed by atoms with Crippen molar-refractivity contribution in [2.45, 2.75) is 0 Å². The molecular formula is C9H11N3O2. The van der Waals surface area contributed by atoms with Gasteiger partial charge in [-0.2, -0.15) is 5.43 Å². The second-order valence-corrected chi connectivity index (χ2v) is 3.17. The van der Waals surface area contributed by atoms with Crippen molar-refractivity contribution in [1.29, 1.82) is 0 Å². The number of nitrogens with one attached hydrogen (secondary N) is 2. The third-order valence-electron chi connectivity index (χ3n) is 2.17. The molecule has 0 aromatic heterocycles. The van der Waals surface area contributed by atoms with Gasteiger partial charge in [0.1, 0.15) is 6.54 Å². The van der Waals surface area contributed by atoms with Gasteiger partial charge in [-0.25, -0.2) is 4.76 Å². The van der Waals surface area contributed by atoms with Crippen LogP contribution in [0.15, 0.2) is 30.3 Å². The Kier molecular flexibility index (Phi) is 2.20. The molecule has 74 valence electrons. The summed E-state index contributed by atoms with van der Waals surface area (Å²) in [4.78, 5) is 10.9. The van der Waals surface area contributed by atoms with Crippen LogP contribution in [-0.2, 0) is 4.79 Å². The average molecular weight is 193 g/mol. The standard InChI is InChI=1S/C9H11N3O2/c13-9-6-11-12(14,7-10-9)8-4-2-1-3-5-8/h1-5,11H,6-7H2,(H,10,13). The second-order valence-electron chi connectivity index (χ2n) is 3.17. The van der Waals surface area contributed by atoms with E-state index in [1.165, 1.54) is 0 Å². The zero-order valence-electron chi connectivity index (χ0n) is 7.56. The van der Waals surface area contributed by atoms with Crippen LogP contribution in [0.2, 0.25) is 0 Å². The minimum atomic E-state index is -0.702. The summed E-state index contributed by atoms with van der Waals surface area (Å²) in [7, 11) is 0. The third-order valence-corrected chi connectivity index (χ3v) is 2.17. The van der Waals surface area contributed by atoms with E-state index in [0.717, 1.165) is 0 Å². The van der Waals surface area contributed by atoms with Crippen LogP contribution in [0, 0.1) is 5.21 Å². The molecular weight excluding hydrogens is 182 g/mol. The first kappa shape index (κ1) is 9.14. The maximum atomic E-state index is 12.1. The quantitative estimate of drug-likeness (QED) is 0.490. The lowest BCUT2D eigenvalue weighted by molar-refractivity contribution is -0.123. The summed E-state index contributed by atoms with van der Waals surface area (Å²) in [5.74, 6) is -0.148. The molecule has 1 aliphatic rings. The van der Waals surface area contributed by atoms with Crippen molar-refractivity contribution >= 4 is 11.6 Å². The lowest BCUT2D eigenvalue weighted by Gasteiger charge is -2.43. The highest BCUT2D eigenvalue weighted by atomic mass is 16.6. The second kappa shape index (κ2) is 3.38. The van der Waals surface area contributed by atoms with Gasteiger partial charge in [-0.05, 0) is 0 Å². The van der Waals surface area contributed by atoms with Crippen LogP contribution < -0.4 is 15.5 Å². The molecule has 1 atom stereocenters. The van der Waals surface area contributed by atoms with Crippen molar-refractivity contribution in [3.8, 4) is 0 Å². The monoisotopic (exact) mass is 193 g/mol. The van der Waals surface area contributed by atoms with E-state index in [0.29, 0.717) is 5.69 Å². The van der Waals surface area contributed by atoms with Gasteiger partial charge >= 0.3 is 0 Å². The molecule has 0 bridgehead atoms. The maximum absolute atomic E-state index is 12.1. The molecule has 14 heavy (non-hydrogen) atoms. The molecule has 0 spiro atoms. The molecule has 2 rings (SSSR count). The number of para-hydroxylation sites is 1. The summed E-state index contributed by atoms with van der Waals surface area (Å²) in [5.41, 5.74) is 3.22. The first-order chi connectivity index (χ1) is 6.71. The van der Waals surface area contributed by atoms with E-state index in [-0.39, 0.29) is 19.1 Å². The molecule has 0 radical (unpaired) electrons. The van der Waals surface area contributed by atoms with E-state index < -0.39 is 4.76 Å². The van der Waals surface area contributed by atoms with Crippen LogP contribution in [0.3, 0.4) is 0 Å². The fraction of sp³-hybridized carbons (Fsp3) is 0.222.